The van der Waals surface area contributed by atoms with Crippen molar-refractivity contribution in [3.05, 3.63) is 0 Å². The third-order valence-electron chi connectivity index (χ3n) is 2.75. The summed E-state index contributed by atoms with van der Waals surface area (Å²) in [5, 5.41) is 37.5. The fourth-order valence-corrected chi connectivity index (χ4v) is 1.62. The summed E-state index contributed by atoms with van der Waals surface area (Å²) in [4.78, 5) is 32.9. The fourth-order valence-electron chi connectivity index (χ4n) is 1.62. The predicted molar refractivity (Wildman–Crippen MR) is 61.5 cm³/mol. The Kier molecular flexibility index (Phi) is 5.82. The van der Waals surface area contributed by atoms with Crippen molar-refractivity contribution >= 4 is 17.9 Å². The van der Waals surface area contributed by atoms with Gasteiger partial charge in [-0.25, -0.2) is 4.90 Å². The Morgan fingerprint density at radius 3 is 2.35 bits per heavy atom. The molecule has 0 amide bonds. The van der Waals surface area contributed by atoms with Crippen molar-refractivity contribution < 1.29 is 39.5 Å². The lowest BCUT2D eigenvalue weighted by molar-refractivity contribution is -0.146. The Bertz CT molecular complexity index is 387. The van der Waals surface area contributed by atoms with E-state index in [1.807, 2.05) is 0 Å². The molecule has 1 aliphatic heterocycles. The van der Waals surface area contributed by atoms with Crippen LogP contribution in [0.3, 0.4) is 0 Å². The molecule has 0 aliphatic carbocycles. The largest absolute Gasteiger partial charge is 0.481 e. The number of hydrogen-bond acceptors (Lipinski definition) is 7. The van der Waals surface area contributed by atoms with Crippen molar-refractivity contribution in [1.82, 2.24) is 10.2 Å². The molecular formula is C10H16N2O8. The Morgan fingerprint density at radius 1 is 1.20 bits per heavy atom. The summed E-state index contributed by atoms with van der Waals surface area (Å²) in [6, 6.07) is -1.79. The molecule has 1 fully saturated rings. The molecule has 20 heavy (non-hydrogen) atoms. The van der Waals surface area contributed by atoms with Gasteiger partial charge in [0.05, 0.1) is 25.6 Å². The quantitative estimate of drug-likeness (QED) is 0.172. The Labute approximate surface area is 113 Å². The minimum atomic E-state index is -1.31. The molecule has 5 N–H and O–H groups in total. The normalized spacial score (nSPS) is 25.9. The molecule has 10 heteroatoms. The lowest BCUT2D eigenvalue weighted by Crippen LogP contribution is -2.40. The van der Waals surface area contributed by atoms with Crippen molar-refractivity contribution in [2.24, 2.45) is 0 Å². The van der Waals surface area contributed by atoms with E-state index in [-0.39, 0.29) is 19.9 Å². The van der Waals surface area contributed by atoms with Crippen LogP contribution in [0.15, 0.2) is 0 Å². The van der Waals surface area contributed by atoms with Gasteiger partial charge in [-0.1, -0.05) is 0 Å². The lowest BCUT2D eigenvalue weighted by atomic mass is 10.2. The average molecular weight is 292 g/mol. The Hall–Kier alpha value is -1.75. The van der Waals surface area contributed by atoms with Crippen molar-refractivity contribution in [3.8, 4) is 0 Å². The second-order valence-corrected chi connectivity index (χ2v) is 4.26. The first-order valence-corrected chi connectivity index (χ1v) is 5.74. The molecule has 0 aromatic rings. The molecule has 0 radical (unpaired) electrons. The highest BCUT2D eigenvalue weighted by Gasteiger charge is 2.47. The molecule has 4 atom stereocenters. The van der Waals surface area contributed by atoms with Crippen LogP contribution in [0.5, 0.6) is 0 Å². The zero-order chi connectivity index (χ0) is 15.3. The van der Waals surface area contributed by atoms with Gasteiger partial charge in [-0.15, -0.1) is 0 Å². The zero-order valence-electron chi connectivity index (χ0n) is 10.4. The second-order valence-electron chi connectivity index (χ2n) is 4.26. The molecule has 4 unspecified atom stereocenters. The van der Waals surface area contributed by atoms with Gasteiger partial charge < -0.3 is 25.2 Å². The van der Waals surface area contributed by atoms with Crippen molar-refractivity contribution in [2.45, 2.75) is 31.2 Å². The van der Waals surface area contributed by atoms with Crippen LogP contribution in [0.25, 0.3) is 0 Å². The highest BCUT2D eigenvalue weighted by Crippen LogP contribution is 2.27. The molecule has 1 rings (SSSR count). The number of aliphatic carboxylic acids is 3. The van der Waals surface area contributed by atoms with Crippen molar-refractivity contribution in [1.29, 1.82) is 0 Å². The third-order valence-corrected chi connectivity index (χ3v) is 2.75. The van der Waals surface area contributed by atoms with Gasteiger partial charge in [0.2, 0.25) is 0 Å². The number of carboxylic acids is 3. The smallest absolute Gasteiger partial charge is 0.321 e. The second kappa shape index (κ2) is 7.14. The van der Waals surface area contributed by atoms with E-state index < -0.39 is 42.6 Å². The van der Waals surface area contributed by atoms with Crippen LogP contribution in [-0.4, -0.2) is 75.0 Å². The van der Waals surface area contributed by atoms with Crippen molar-refractivity contribution in [3.63, 3.8) is 0 Å². The first-order valence-electron chi connectivity index (χ1n) is 5.74. The molecule has 0 saturated carbocycles. The summed E-state index contributed by atoms with van der Waals surface area (Å²) in [5.41, 5.74) is 0. The molecule has 10 nitrogen and oxygen atoms in total. The van der Waals surface area contributed by atoms with Gasteiger partial charge in [-0.3, -0.25) is 19.7 Å². The standard InChI is InChI=1S/C10H16N2O8/c13-7(14)1-5(10(18)19)11-3-20-4-12-6(9(12)17)2-8(15)16/h5-6,9,11,17H,1-4H2,(H,13,14)(H,15,16)(H,18,19). The third kappa shape index (κ3) is 5.09. The van der Waals surface area contributed by atoms with E-state index >= 15 is 0 Å². The molecular weight excluding hydrogens is 276 g/mol. The number of nitrogens with one attached hydrogen (secondary N) is 1. The predicted octanol–water partition coefficient (Wildman–Crippen LogP) is -2.09. The Morgan fingerprint density at radius 2 is 1.85 bits per heavy atom. The molecule has 1 heterocycles. The van der Waals surface area contributed by atoms with E-state index in [9.17, 15) is 19.5 Å². The van der Waals surface area contributed by atoms with E-state index in [0.717, 1.165) is 0 Å². The van der Waals surface area contributed by atoms with Crippen LogP contribution in [0, 0.1) is 0 Å². The molecule has 0 bridgehead atoms. The summed E-state index contributed by atoms with van der Waals surface area (Å²) in [6.45, 7) is -0.307. The van der Waals surface area contributed by atoms with Crippen LogP contribution in [0.2, 0.25) is 0 Å². The van der Waals surface area contributed by atoms with Gasteiger partial charge in [0, 0.05) is 0 Å². The van der Waals surface area contributed by atoms with Crippen molar-refractivity contribution in [2.75, 3.05) is 13.5 Å². The number of aliphatic hydroxyl groups is 1. The maximum atomic E-state index is 10.7. The van der Waals surface area contributed by atoms with Crippen LogP contribution in [-0.2, 0) is 19.1 Å². The first-order chi connectivity index (χ1) is 9.32. The first kappa shape index (κ1) is 16.3. The number of hydrogen-bond donors (Lipinski definition) is 5. The number of aliphatic hydroxyl groups excluding tert-OH is 1. The monoisotopic (exact) mass is 292 g/mol. The number of carboxylic acid groups (broad SMARTS) is 3. The molecule has 0 spiro atoms. The van der Waals surface area contributed by atoms with E-state index in [4.69, 9.17) is 20.1 Å². The van der Waals surface area contributed by atoms with E-state index in [2.05, 4.69) is 5.32 Å². The summed E-state index contributed by atoms with van der Waals surface area (Å²) in [7, 11) is 0. The van der Waals surface area contributed by atoms with Crippen LogP contribution < -0.4 is 5.32 Å². The fraction of sp³-hybridized carbons (Fsp3) is 0.700. The summed E-state index contributed by atoms with van der Waals surface area (Å²) < 4.78 is 5.01. The van der Waals surface area contributed by atoms with Crippen LogP contribution >= 0.6 is 0 Å². The van der Waals surface area contributed by atoms with E-state index in [1.165, 1.54) is 4.90 Å². The molecule has 0 aromatic carbocycles. The van der Waals surface area contributed by atoms with Gasteiger partial charge in [0.1, 0.15) is 19.0 Å². The Balaban J connectivity index is 2.20. The number of ether oxygens (including phenoxy) is 1. The van der Waals surface area contributed by atoms with Gasteiger partial charge in [0.15, 0.2) is 0 Å². The van der Waals surface area contributed by atoms with Crippen LogP contribution in [0.1, 0.15) is 12.8 Å². The molecule has 114 valence electrons. The highest BCUT2D eigenvalue weighted by atomic mass is 16.5. The maximum absolute atomic E-state index is 10.7. The van der Waals surface area contributed by atoms with Gasteiger partial charge >= 0.3 is 17.9 Å². The van der Waals surface area contributed by atoms with Gasteiger partial charge in [0.25, 0.3) is 0 Å². The number of rotatable bonds is 10. The minimum absolute atomic E-state index is 0.0779. The van der Waals surface area contributed by atoms with Gasteiger partial charge in [-0.05, 0) is 0 Å². The van der Waals surface area contributed by atoms with E-state index in [1.54, 1.807) is 0 Å². The molecule has 1 saturated heterocycles. The SMILES string of the molecule is O=C(O)CC(NCOCN1C(O)C1CC(=O)O)C(=O)O. The summed E-state index contributed by atoms with van der Waals surface area (Å²) in [5.74, 6) is -3.61. The number of carbonyl (C=O) groups is 3. The lowest BCUT2D eigenvalue weighted by Gasteiger charge is -2.12. The van der Waals surface area contributed by atoms with Gasteiger partial charge in [-0.2, -0.15) is 0 Å². The summed E-state index contributed by atoms with van der Waals surface area (Å²) >= 11 is 0. The minimum Gasteiger partial charge on any atom is -0.481 e. The average Bonchev–Trinajstić information content (AvgIpc) is 2.91. The molecule has 1 aliphatic rings. The maximum Gasteiger partial charge on any atom is 0.321 e. The highest BCUT2D eigenvalue weighted by molar-refractivity contribution is 5.80. The number of nitrogens with zero attached hydrogens (tertiary/aromatic N) is 1. The molecule has 0 aromatic heterocycles. The topological polar surface area (TPSA) is 156 Å². The van der Waals surface area contributed by atoms with Crippen LogP contribution in [0.4, 0.5) is 0 Å². The summed E-state index contributed by atoms with van der Waals surface area (Å²) in [6.07, 6.45) is -1.69. The van der Waals surface area contributed by atoms with E-state index in [0.29, 0.717) is 0 Å². The zero-order valence-corrected chi connectivity index (χ0v) is 10.4.